The van der Waals surface area contributed by atoms with Crippen LogP contribution >= 0.6 is 36.2 Å². The first kappa shape index (κ1) is 22.4. The van der Waals surface area contributed by atoms with Gasteiger partial charge in [0.25, 0.3) is 5.91 Å². The first-order chi connectivity index (χ1) is 12.5. The molecule has 6 nitrogen and oxygen atoms in total. The molecule has 9 heteroatoms. The monoisotopic (exact) mass is 439 g/mol. The van der Waals surface area contributed by atoms with Gasteiger partial charge in [-0.05, 0) is 12.5 Å². The normalized spacial score (nSPS) is 18.5. The van der Waals surface area contributed by atoms with Crippen molar-refractivity contribution >= 4 is 42.1 Å². The van der Waals surface area contributed by atoms with Crippen LogP contribution < -0.4 is 5.73 Å². The molecule has 1 saturated heterocycles. The van der Waals surface area contributed by atoms with E-state index in [2.05, 4.69) is 22.2 Å². The summed E-state index contributed by atoms with van der Waals surface area (Å²) in [6, 6.07) is 10.1. The summed E-state index contributed by atoms with van der Waals surface area (Å²) in [6.45, 7) is 3.09. The number of benzene rings is 1. The quantitative estimate of drug-likeness (QED) is 0.678. The van der Waals surface area contributed by atoms with Gasteiger partial charge in [-0.2, -0.15) is 5.10 Å². The van der Waals surface area contributed by atoms with E-state index in [9.17, 15) is 4.79 Å². The molecule has 3 aromatic rings. The second-order valence-corrected chi connectivity index (χ2v) is 7.73. The van der Waals surface area contributed by atoms with Crippen molar-refractivity contribution in [2.24, 2.45) is 12.8 Å². The molecule has 1 amide bonds. The molecular weight excluding hydrogens is 417 g/mol. The molecule has 1 aliphatic heterocycles. The lowest BCUT2D eigenvalue weighted by Crippen LogP contribution is -2.32. The molecule has 1 fully saturated rings. The van der Waals surface area contributed by atoms with Gasteiger partial charge in [0.05, 0.1) is 11.9 Å². The first-order valence-electron chi connectivity index (χ1n) is 8.59. The van der Waals surface area contributed by atoms with E-state index in [1.54, 1.807) is 10.9 Å². The zero-order valence-corrected chi connectivity index (χ0v) is 18.1. The topological polar surface area (TPSA) is 77.0 Å². The number of aromatic nitrogens is 3. The summed E-state index contributed by atoms with van der Waals surface area (Å²) in [7, 11) is 1.87. The van der Waals surface area contributed by atoms with Crippen LogP contribution in [0.15, 0.2) is 42.7 Å². The van der Waals surface area contributed by atoms with Crippen molar-refractivity contribution in [2.75, 3.05) is 13.1 Å². The highest BCUT2D eigenvalue weighted by molar-refractivity contribution is 7.17. The van der Waals surface area contributed by atoms with Gasteiger partial charge in [-0.15, -0.1) is 36.2 Å². The third-order valence-electron chi connectivity index (χ3n) is 4.82. The lowest BCUT2D eigenvalue weighted by molar-refractivity contribution is 0.0793. The number of carbonyl (C=O) groups excluding carboxylic acids is 1. The Balaban J connectivity index is 0.00000140. The van der Waals surface area contributed by atoms with E-state index < -0.39 is 0 Å². The predicted octanol–water partition coefficient (Wildman–Crippen LogP) is 3.26. The third-order valence-corrected chi connectivity index (χ3v) is 6.02. The molecule has 4 rings (SSSR count). The van der Waals surface area contributed by atoms with Gasteiger partial charge >= 0.3 is 0 Å². The smallest absolute Gasteiger partial charge is 0.265 e. The summed E-state index contributed by atoms with van der Waals surface area (Å²) in [4.78, 5) is 20.2. The maximum absolute atomic E-state index is 13.1. The van der Waals surface area contributed by atoms with Crippen molar-refractivity contribution in [3.63, 3.8) is 0 Å². The lowest BCUT2D eigenvalue weighted by atomic mass is 9.95. The van der Waals surface area contributed by atoms with Gasteiger partial charge in [-0.1, -0.05) is 30.3 Å². The number of rotatable bonds is 3. The highest BCUT2D eigenvalue weighted by Crippen LogP contribution is 2.32. The lowest BCUT2D eigenvalue weighted by Gasteiger charge is -2.15. The van der Waals surface area contributed by atoms with E-state index in [1.165, 1.54) is 16.9 Å². The maximum atomic E-state index is 13.1. The number of thiazole rings is 1. The van der Waals surface area contributed by atoms with Crippen LogP contribution in [0.5, 0.6) is 0 Å². The van der Waals surface area contributed by atoms with Crippen LogP contribution in [0.1, 0.15) is 26.8 Å². The summed E-state index contributed by atoms with van der Waals surface area (Å²) >= 11 is 1.42. The summed E-state index contributed by atoms with van der Waals surface area (Å²) in [5, 5.41) is 5.00. The summed E-state index contributed by atoms with van der Waals surface area (Å²) < 4.78 is 1.73. The van der Waals surface area contributed by atoms with Gasteiger partial charge in [0.2, 0.25) is 0 Å². The van der Waals surface area contributed by atoms with Gasteiger partial charge in [0.15, 0.2) is 0 Å². The Labute approximate surface area is 180 Å². The number of aryl methyl sites for hydroxylation is 2. The Morgan fingerprint density at radius 1 is 1.21 bits per heavy atom. The van der Waals surface area contributed by atoms with Gasteiger partial charge < -0.3 is 10.6 Å². The Kier molecular flexibility index (Phi) is 7.22. The predicted molar refractivity (Wildman–Crippen MR) is 117 cm³/mol. The minimum absolute atomic E-state index is 0. The number of likely N-dealkylation sites (tertiary alicyclic amines) is 1. The molecule has 2 aromatic heterocycles. The van der Waals surface area contributed by atoms with Gasteiger partial charge in [-0.25, -0.2) is 4.98 Å². The second-order valence-electron chi connectivity index (χ2n) is 6.73. The minimum atomic E-state index is -0.0487. The zero-order valence-electron chi connectivity index (χ0n) is 15.6. The fourth-order valence-corrected chi connectivity index (χ4v) is 4.45. The van der Waals surface area contributed by atoms with Crippen LogP contribution in [-0.4, -0.2) is 44.7 Å². The molecule has 2 N–H and O–H groups in total. The number of nitrogens with two attached hydrogens (primary N) is 1. The van der Waals surface area contributed by atoms with Crippen LogP contribution in [0, 0.1) is 6.92 Å². The summed E-state index contributed by atoms with van der Waals surface area (Å²) in [6.07, 6.45) is 3.67. The molecule has 0 saturated carbocycles. The average Bonchev–Trinajstić information content (AvgIpc) is 3.33. The van der Waals surface area contributed by atoms with Gasteiger partial charge in [-0.3, -0.25) is 9.48 Å². The van der Waals surface area contributed by atoms with E-state index >= 15 is 0 Å². The molecule has 0 spiro atoms. The zero-order chi connectivity index (χ0) is 18.3. The van der Waals surface area contributed by atoms with E-state index in [0.29, 0.717) is 18.0 Å². The second kappa shape index (κ2) is 9.05. The molecule has 28 heavy (non-hydrogen) atoms. The molecule has 2 atom stereocenters. The van der Waals surface area contributed by atoms with Crippen LogP contribution in [0.3, 0.4) is 0 Å². The third kappa shape index (κ3) is 4.22. The standard InChI is InChI=1S/C19H21N5OS.2ClH/c1-12-17(26-18(22-12)14-8-21-23(2)9-14)19(25)24-10-15(16(20)11-24)13-6-4-3-5-7-13;;/h3-9,15-16H,10-11,20H2,1-2H3;2*1H/t15-,16+;;/m0../s1. The number of hydrogen-bond donors (Lipinski definition) is 1. The number of amides is 1. The Hall–Kier alpha value is -1.93. The van der Waals surface area contributed by atoms with Crippen LogP contribution in [0.2, 0.25) is 0 Å². The van der Waals surface area contributed by atoms with E-state index in [1.807, 2.05) is 43.3 Å². The van der Waals surface area contributed by atoms with E-state index in [0.717, 1.165) is 16.3 Å². The van der Waals surface area contributed by atoms with Gasteiger partial charge in [0, 0.05) is 43.9 Å². The fraction of sp³-hybridized carbons (Fsp3) is 0.316. The Morgan fingerprint density at radius 2 is 1.93 bits per heavy atom. The molecule has 0 bridgehead atoms. The number of hydrogen-bond acceptors (Lipinski definition) is 5. The molecule has 3 heterocycles. The highest BCUT2D eigenvalue weighted by atomic mass is 35.5. The fourth-order valence-electron chi connectivity index (χ4n) is 3.44. The van der Waals surface area contributed by atoms with Crippen molar-refractivity contribution in [1.29, 1.82) is 0 Å². The molecular formula is C19H23Cl2N5OS. The maximum Gasteiger partial charge on any atom is 0.265 e. The van der Waals surface area contributed by atoms with Crippen LogP contribution in [-0.2, 0) is 7.05 Å². The van der Waals surface area contributed by atoms with Crippen molar-refractivity contribution in [2.45, 2.75) is 18.9 Å². The highest BCUT2D eigenvalue weighted by Gasteiger charge is 2.35. The molecule has 1 aromatic carbocycles. The van der Waals surface area contributed by atoms with E-state index in [-0.39, 0.29) is 42.7 Å². The van der Waals surface area contributed by atoms with Crippen molar-refractivity contribution < 1.29 is 4.79 Å². The summed E-state index contributed by atoms with van der Waals surface area (Å²) in [5.74, 6) is 0.190. The Bertz CT molecular complexity index is 943. The van der Waals surface area contributed by atoms with Crippen molar-refractivity contribution in [3.8, 4) is 10.6 Å². The molecule has 0 aliphatic carbocycles. The van der Waals surface area contributed by atoms with Crippen molar-refractivity contribution in [1.82, 2.24) is 19.7 Å². The van der Waals surface area contributed by atoms with Gasteiger partial charge in [0.1, 0.15) is 9.88 Å². The van der Waals surface area contributed by atoms with Crippen molar-refractivity contribution in [3.05, 3.63) is 58.9 Å². The summed E-state index contributed by atoms with van der Waals surface area (Å²) in [5.41, 5.74) is 9.21. The molecule has 0 unspecified atom stereocenters. The minimum Gasteiger partial charge on any atom is -0.336 e. The molecule has 0 radical (unpaired) electrons. The Morgan fingerprint density at radius 3 is 2.57 bits per heavy atom. The van der Waals surface area contributed by atoms with E-state index in [4.69, 9.17) is 5.73 Å². The molecule has 1 aliphatic rings. The molecule has 150 valence electrons. The number of nitrogens with zero attached hydrogens (tertiary/aromatic N) is 4. The largest absolute Gasteiger partial charge is 0.336 e. The number of halogens is 2. The average molecular weight is 440 g/mol. The van der Waals surface area contributed by atoms with Crippen LogP contribution in [0.4, 0.5) is 0 Å². The SMILES string of the molecule is Cc1nc(-c2cnn(C)c2)sc1C(=O)N1C[C@@H](N)[C@H](c2ccccc2)C1.Cl.Cl. The first-order valence-corrected chi connectivity index (χ1v) is 9.41. The number of carbonyl (C=O) groups is 1. The van der Waals surface area contributed by atoms with Crippen LogP contribution in [0.25, 0.3) is 10.6 Å².